The second-order valence-corrected chi connectivity index (χ2v) is 7.52. The number of halogens is 1. The third-order valence-corrected chi connectivity index (χ3v) is 4.40. The summed E-state index contributed by atoms with van der Waals surface area (Å²) in [5.41, 5.74) is 0.763. The van der Waals surface area contributed by atoms with Crippen LogP contribution in [0.2, 0.25) is 0 Å². The maximum atomic E-state index is 10.7. The van der Waals surface area contributed by atoms with Crippen LogP contribution < -0.4 is 15.4 Å². The Morgan fingerprint density at radius 3 is 2.73 bits per heavy atom. The first-order valence-electron chi connectivity index (χ1n) is 9.90. The van der Waals surface area contributed by atoms with Gasteiger partial charge in [0, 0.05) is 31.9 Å². The Morgan fingerprint density at radius 2 is 2.10 bits per heavy atom. The number of hydrogen-bond acceptors (Lipinski definition) is 5. The fraction of sp³-hybridized carbons (Fsp3) is 0.524. The zero-order valence-electron chi connectivity index (χ0n) is 18.6. The van der Waals surface area contributed by atoms with Gasteiger partial charge >= 0.3 is 0 Å². The normalized spacial score (nSPS) is 13.5. The molecule has 0 saturated heterocycles. The Labute approximate surface area is 196 Å². The van der Waals surface area contributed by atoms with Crippen molar-refractivity contribution in [3.05, 3.63) is 47.8 Å². The van der Waals surface area contributed by atoms with E-state index in [4.69, 9.17) is 4.74 Å². The van der Waals surface area contributed by atoms with Crippen LogP contribution in [0.15, 0.2) is 41.7 Å². The molecular formula is C21H35IN6O2. The van der Waals surface area contributed by atoms with Crippen molar-refractivity contribution in [1.29, 1.82) is 0 Å². The number of hydrogen-bond donors (Lipinski definition) is 3. The summed E-state index contributed by atoms with van der Waals surface area (Å²) in [6.07, 6.45) is 3.49. The first-order valence-corrected chi connectivity index (χ1v) is 9.90. The molecule has 2 rings (SSSR count). The zero-order chi connectivity index (χ0) is 21.3. The molecule has 8 nitrogen and oxygen atoms in total. The van der Waals surface area contributed by atoms with E-state index in [1.54, 1.807) is 17.8 Å². The van der Waals surface area contributed by atoms with Crippen LogP contribution in [-0.2, 0) is 19.2 Å². The predicted octanol–water partition coefficient (Wildman–Crippen LogP) is 1.94. The SMILES string of the molecule is CCNC(=NCc1cccc(OCCN(C)C)c1)NCC(C)(O)c1cnn(C)c1.I. The van der Waals surface area contributed by atoms with Gasteiger partial charge in [0.2, 0.25) is 0 Å². The first kappa shape index (κ1) is 26.2. The highest BCUT2D eigenvalue weighted by Gasteiger charge is 2.24. The number of aromatic nitrogens is 2. The molecule has 0 saturated carbocycles. The highest BCUT2D eigenvalue weighted by molar-refractivity contribution is 14.0. The molecule has 1 heterocycles. The van der Waals surface area contributed by atoms with E-state index in [1.807, 2.05) is 58.5 Å². The summed E-state index contributed by atoms with van der Waals surface area (Å²) in [5, 5.41) is 21.3. The molecule has 9 heteroatoms. The van der Waals surface area contributed by atoms with Crippen molar-refractivity contribution in [3.8, 4) is 5.75 Å². The Kier molecular flexibility index (Phi) is 11.1. The molecule has 0 aliphatic carbocycles. The number of aliphatic imine (C=N–C) groups is 1. The lowest BCUT2D eigenvalue weighted by molar-refractivity contribution is 0.0616. The molecule has 2 aromatic rings. The fourth-order valence-electron chi connectivity index (χ4n) is 2.65. The summed E-state index contributed by atoms with van der Waals surface area (Å²) in [5.74, 6) is 1.49. The molecule has 0 bridgehead atoms. The second kappa shape index (κ2) is 12.8. The summed E-state index contributed by atoms with van der Waals surface area (Å²) < 4.78 is 7.47. The van der Waals surface area contributed by atoms with E-state index in [2.05, 4.69) is 25.6 Å². The Morgan fingerprint density at radius 1 is 1.33 bits per heavy atom. The largest absolute Gasteiger partial charge is 0.492 e. The molecule has 0 aliphatic rings. The van der Waals surface area contributed by atoms with Crippen molar-refractivity contribution in [3.63, 3.8) is 0 Å². The van der Waals surface area contributed by atoms with Crippen molar-refractivity contribution in [2.45, 2.75) is 26.0 Å². The summed E-state index contributed by atoms with van der Waals surface area (Å²) in [4.78, 5) is 6.72. The van der Waals surface area contributed by atoms with Crippen molar-refractivity contribution < 1.29 is 9.84 Å². The van der Waals surface area contributed by atoms with Gasteiger partial charge in [0.25, 0.3) is 0 Å². The maximum absolute atomic E-state index is 10.7. The van der Waals surface area contributed by atoms with Gasteiger partial charge in [-0.1, -0.05) is 12.1 Å². The summed E-state index contributed by atoms with van der Waals surface area (Å²) in [6.45, 7) is 6.84. The van der Waals surface area contributed by atoms with Crippen molar-refractivity contribution in [1.82, 2.24) is 25.3 Å². The summed E-state index contributed by atoms with van der Waals surface area (Å²) in [7, 11) is 5.88. The number of likely N-dealkylation sites (N-methyl/N-ethyl adjacent to an activating group) is 1. The molecule has 0 spiro atoms. The van der Waals surface area contributed by atoms with Gasteiger partial charge in [-0.15, -0.1) is 24.0 Å². The third-order valence-electron chi connectivity index (χ3n) is 4.40. The van der Waals surface area contributed by atoms with Crippen LogP contribution in [0.5, 0.6) is 5.75 Å². The molecule has 0 fully saturated rings. The number of nitrogens with one attached hydrogen (secondary N) is 2. The summed E-state index contributed by atoms with van der Waals surface area (Å²) in [6, 6.07) is 7.97. The number of aryl methyl sites for hydroxylation is 1. The number of nitrogens with zero attached hydrogens (tertiary/aromatic N) is 4. The Bertz CT molecular complexity index is 791. The number of guanidine groups is 1. The Balaban J connectivity index is 0.00000450. The number of ether oxygens (including phenoxy) is 1. The van der Waals surface area contributed by atoms with Gasteiger partial charge in [-0.05, 0) is 45.6 Å². The average molecular weight is 530 g/mol. The molecule has 0 amide bonds. The average Bonchev–Trinajstić information content (AvgIpc) is 3.11. The van der Waals surface area contributed by atoms with E-state index >= 15 is 0 Å². The fourth-order valence-corrected chi connectivity index (χ4v) is 2.65. The number of aliphatic hydroxyl groups is 1. The van der Waals surface area contributed by atoms with E-state index in [0.29, 0.717) is 25.7 Å². The Hall–Kier alpha value is -1.85. The lowest BCUT2D eigenvalue weighted by atomic mass is 10.00. The van der Waals surface area contributed by atoms with E-state index in [9.17, 15) is 5.11 Å². The lowest BCUT2D eigenvalue weighted by Crippen LogP contribution is -2.44. The monoisotopic (exact) mass is 530 g/mol. The third kappa shape index (κ3) is 8.88. The van der Waals surface area contributed by atoms with Crippen LogP contribution in [0.4, 0.5) is 0 Å². The number of benzene rings is 1. The zero-order valence-corrected chi connectivity index (χ0v) is 20.9. The van der Waals surface area contributed by atoms with Crippen LogP contribution >= 0.6 is 24.0 Å². The molecule has 0 radical (unpaired) electrons. The minimum Gasteiger partial charge on any atom is -0.492 e. The quantitative estimate of drug-likeness (QED) is 0.247. The minimum atomic E-state index is -1.05. The van der Waals surface area contributed by atoms with Crippen molar-refractivity contribution >= 4 is 29.9 Å². The predicted molar refractivity (Wildman–Crippen MR) is 132 cm³/mol. The van der Waals surface area contributed by atoms with Crippen molar-refractivity contribution in [2.75, 3.05) is 40.3 Å². The standard InChI is InChI=1S/C21H34N6O2.HI/c1-6-22-20(24-16-21(2,28)18-14-25-27(5)15-18)23-13-17-8-7-9-19(12-17)29-11-10-26(3)4;/h7-9,12,14-15,28H,6,10-11,13,16H2,1-5H3,(H2,22,23,24);1H. The maximum Gasteiger partial charge on any atom is 0.191 e. The molecule has 1 atom stereocenters. The van der Waals surface area contributed by atoms with E-state index < -0.39 is 5.60 Å². The van der Waals surface area contributed by atoms with Gasteiger partial charge in [-0.3, -0.25) is 4.68 Å². The first-order chi connectivity index (χ1) is 13.8. The van der Waals surface area contributed by atoms with Crippen LogP contribution in [0.25, 0.3) is 0 Å². The molecule has 3 N–H and O–H groups in total. The minimum absolute atomic E-state index is 0. The smallest absolute Gasteiger partial charge is 0.191 e. The van der Waals surface area contributed by atoms with E-state index in [-0.39, 0.29) is 24.0 Å². The highest BCUT2D eigenvalue weighted by atomic mass is 127. The molecule has 30 heavy (non-hydrogen) atoms. The molecular weight excluding hydrogens is 495 g/mol. The van der Waals surface area contributed by atoms with Crippen LogP contribution in [0.3, 0.4) is 0 Å². The van der Waals surface area contributed by atoms with Gasteiger partial charge in [0.05, 0.1) is 19.3 Å². The molecule has 0 aliphatic heterocycles. The highest BCUT2D eigenvalue weighted by Crippen LogP contribution is 2.18. The van der Waals surface area contributed by atoms with Crippen LogP contribution in [0.1, 0.15) is 25.0 Å². The van der Waals surface area contributed by atoms with Crippen molar-refractivity contribution in [2.24, 2.45) is 12.0 Å². The van der Waals surface area contributed by atoms with E-state index in [1.165, 1.54) is 0 Å². The van der Waals surface area contributed by atoms with Gasteiger partial charge in [0.15, 0.2) is 5.96 Å². The molecule has 1 unspecified atom stereocenters. The van der Waals surface area contributed by atoms with Crippen LogP contribution in [-0.4, -0.2) is 66.1 Å². The van der Waals surface area contributed by atoms with Gasteiger partial charge in [-0.2, -0.15) is 5.10 Å². The summed E-state index contributed by atoms with van der Waals surface area (Å²) >= 11 is 0. The van der Waals surface area contributed by atoms with Gasteiger partial charge in [0.1, 0.15) is 18.0 Å². The van der Waals surface area contributed by atoms with Gasteiger partial charge < -0.3 is 25.4 Å². The van der Waals surface area contributed by atoms with E-state index in [0.717, 1.165) is 30.0 Å². The molecule has 168 valence electrons. The molecule has 1 aromatic carbocycles. The van der Waals surface area contributed by atoms with Gasteiger partial charge in [-0.25, -0.2) is 4.99 Å². The number of rotatable bonds is 10. The second-order valence-electron chi connectivity index (χ2n) is 7.52. The topological polar surface area (TPSA) is 86.9 Å². The molecule has 1 aromatic heterocycles. The lowest BCUT2D eigenvalue weighted by Gasteiger charge is -2.23. The van der Waals surface area contributed by atoms with Crippen LogP contribution in [0, 0.1) is 0 Å².